The zero-order valence-corrected chi connectivity index (χ0v) is 17.7. The van der Waals surface area contributed by atoms with Crippen LogP contribution in [-0.2, 0) is 20.9 Å². The Morgan fingerprint density at radius 3 is 2.60 bits per heavy atom. The first-order valence-corrected chi connectivity index (χ1v) is 9.92. The molecule has 0 aliphatic rings. The Labute approximate surface area is 183 Å². The van der Waals surface area contributed by atoms with E-state index in [2.05, 4.69) is 4.99 Å². The van der Waals surface area contributed by atoms with Gasteiger partial charge in [-0.1, -0.05) is 34.5 Å². The van der Waals surface area contributed by atoms with E-state index < -0.39 is 16.8 Å². The molecular weight excluding hydrogens is 453 g/mol. The first-order chi connectivity index (χ1) is 14.3. The third kappa shape index (κ3) is 4.93. The fraction of sp³-hybridized carbons (Fsp3) is 0.105. The molecule has 0 N–H and O–H groups in total. The largest absolute Gasteiger partial charge is 0.468 e. The quantitative estimate of drug-likeness (QED) is 0.242. The molecule has 0 saturated heterocycles. The van der Waals surface area contributed by atoms with Crippen molar-refractivity contribution in [1.82, 2.24) is 4.57 Å². The van der Waals surface area contributed by atoms with E-state index in [1.165, 1.54) is 54.2 Å². The number of methoxy groups -OCH3 is 1. The van der Waals surface area contributed by atoms with Crippen molar-refractivity contribution in [2.75, 3.05) is 7.11 Å². The third-order valence-electron chi connectivity index (χ3n) is 3.94. The minimum atomic E-state index is -0.583. The van der Waals surface area contributed by atoms with Crippen molar-refractivity contribution in [2.45, 2.75) is 6.54 Å². The highest BCUT2D eigenvalue weighted by Gasteiger charge is 2.15. The predicted molar refractivity (Wildman–Crippen MR) is 115 cm³/mol. The summed E-state index contributed by atoms with van der Waals surface area (Å²) in [5.41, 5.74) is 1.06. The highest BCUT2D eigenvalue weighted by molar-refractivity contribution is 7.16. The molecule has 0 spiro atoms. The number of hydrogen-bond acceptors (Lipinski definition) is 6. The number of amides is 1. The number of nitro groups is 1. The summed E-state index contributed by atoms with van der Waals surface area (Å²) >= 11 is 13.5. The summed E-state index contributed by atoms with van der Waals surface area (Å²) in [6.07, 6.45) is 2.71. The van der Waals surface area contributed by atoms with Crippen molar-refractivity contribution < 1.29 is 19.2 Å². The summed E-state index contributed by atoms with van der Waals surface area (Å²) < 4.78 is 6.86. The molecule has 11 heteroatoms. The van der Waals surface area contributed by atoms with Gasteiger partial charge in [0.25, 0.3) is 11.6 Å². The van der Waals surface area contributed by atoms with Crippen molar-refractivity contribution in [3.8, 4) is 0 Å². The van der Waals surface area contributed by atoms with Gasteiger partial charge in [0.1, 0.15) is 6.54 Å². The molecule has 1 amide bonds. The van der Waals surface area contributed by atoms with Gasteiger partial charge in [0, 0.05) is 23.2 Å². The fourth-order valence-corrected chi connectivity index (χ4v) is 4.38. The first kappa shape index (κ1) is 21.7. The maximum Gasteiger partial charge on any atom is 0.325 e. The lowest BCUT2D eigenvalue weighted by molar-refractivity contribution is -0.384. The highest BCUT2D eigenvalue weighted by Crippen LogP contribution is 2.29. The van der Waals surface area contributed by atoms with Crippen LogP contribution in [-0.4, -0.2) is 28.5 Å². The smallest absolute Gasteiger partial charge is 0.325 e. The number of non-ortho nitro benzene ring substituents is 1. The van der Waals surface area contributed by atoms with Crippen LogP contribution in [0.2, 0.25) is 10.0 Å². The number of benzene rings is 2. The van der Waals surface area contributed by atoms with Crippen molar-refractivity contribution in [2.24, 2.45) is 4.99 Å². The first-order valence-electron chi connectivity index (χ1n) is 8.35. The standard InChI is InChI=1S/C19H13Cl2N3O5S/c1-29-17(26)10-23-18-14(21)8-12(20)9-15(18)30-19(23)22-16(25)7-4-11-2-5-13(6-3-11)24(27)28/h2-9H,10H2,1H3/b7-4-,22-19?. The fourth-order valence-electron chi connectivity index (χ4n) is 2.56. The zero-order valence-electron chi connectivity index (χ0n) is 15.4. The van der Waals surface area contributed by atoms with Crippen LogP contribution in [0.5, 0.6) is 0 Å². The summed E-state index contributed by atoms with van der Waals surface area (Å²) in [7, 11) is 1.25. The van der Waals surface area contributed by atoms with Crippen LogP contribution in [0.4, 0.5) is 5.69 Å². The van der Waals surface area contributed by atoms with Gasteiger partial charge in [0.15, 0.2) is 4.80 Å². The molecule has 1 heterocycles. The topological polar surface area (TPSA) is 104 Å². The molecule has 3 aromatic rings. The molecular formula is C19H13Cl2N3O5S. The lowest BCUT2D eigenvalue weighted by Gasteiger charge is -2.05. The molecule has 1 aromatic heterocycles. The number of thiazole rings is 1. The molecule has 0 radical (unpaired) electrons. The van der Waals surface area contributed by atoms with Gasteiger partial charge < -0.3 is 9.30 Å². The number of carbonyl (C=O) groups is 2. The highest BCUT2D eigenvalue weighted by atomic mass is 35.5. The zero-order chi connectivity index (χ0) is 21.8. The van der Waals surface area contributed by atoms with Gasteiger partial charge in [-0.25, -0.2) is 0 Å². The Morgan fingerprint density at radius 1 is 1.27 bits per heavy atom. The van der Waals surface area contributed by atoms with Gasteiger partial charge in [0.2, 0.25) is 0 Å². The van der Waals surface area contributed by atoms with E-state index >= 15 is 0 Å². The molecule has 0 aliphatic heterocycles. The normalized spacial score (nSPS) is 11.9. The van der Waals surface area contributed by atoms with Crippen molar-refractivity contribution in [1.29, 1.82) is 0 Å². The van der Waals surface area contributed by atoms with Gasteiger partial charge in [-0.15, -0.1) is 0 Å². The summed E-state index contributed by atoms with van der Waals surface area (Å²) in [6, 6.07) is 8.90. The Hall–Kier alpha value is -3.01. The van der Waals surface area contributed by atoms with Crippen molar-refractivity contribution >= 4 is 68.4 Å². The molecule has 0 fully saturated rings. The number of hydrogen-bond donors (Lipinski definition) is 0. The van der Waals surface area contributed by atoms with Crippen molar-refractivity contribution in [3.63, 3.8) is 0 Å². The second kappa shape index (κ2) is 9.21. The lowest BCUT2D eigenvalue weighted by atomic mass is 10.2. The van der Waals surface area contributed by atoms with E-state index in [1.807, 2.05) is 0 Å². The minimum Gasteiger partial charge on any atom is -0.468 e. The molecule has 0 atom stereocenters. The van der Waals surface area contributed by atoms with E-state index in [9.17, 15) is 19.7 Å². The van der Waals surface area contributed by atoms with Crippen LogP contribution < -0.4 is 4.80 Å². The van der Waals surface area contributed by atoms with Crippen LogP contribution in [0.25, 0.3) is 16.3 Å². The monoisotopic (exact) mass is 465 g/mol. The number of ether oxygens (including phenoxy) is 1. The Morgan fingerprint density at radius 2 is 1.97 bits per heavy atom. The molecule has 0 unspecified atom stereocenters. The van der Waals surface area contributed by atoms with Crippen molar-refractivity contribution in [3.05, 3.63) is 73.0 Å². The number of rotatable bonds is 5. The van der Waals surface area contributed by atoms with Crippen LogP contribution in [0, 0.1) is 10.1 Å². The SMILES string of the molecule is COC(=O)Cn1c(=NC(=O)/C=C\c2ccc([N+](=O)[O-])cc2)sc2cc(Cl)cc(Cl)c21. The number of esters is 1. The Balaban J connectivity index is 1.98. The summed E-state index contributed by atoms with van der Waals surface area (Å²) in [6.45, 7) is -0.184. The maximum absolute atomic E-state index is 12.4. The summed E-state index contributed by atoms with van der Waals surface area (Å²) in [5, 5.41) is 11.4. The summed E-state index contributed by atoms with van der Waals surface area (Å²) in [4.78, 5) is 38.7. The number of nitro benzene ring substituents is 1. The molecule has 0 aliphatic carbocycles. The molecule has 2 aromatic carbocycles. The number of fused-ring (bicyclic) bond motifs is 1. The number of aromatic nitrogens is 1. The van der Waals surface area contributed by atoms with Crippen LogP contribution in [0.3, 0.4) is 0 Å². The maximum atomic E-state index is 12.4. The number of carbonyl (C=O) groups excluding carboxylic acids is 2. The van der Waals surface area contributed by atoms with Crippen LogP contribution >= 0.6 is 34.5 Å². The van der Waals surface area contributed by atoms with Crippen LogP contribution in [0.1, 0.15) is 5.56 Å². The van der Waals surface area contributed by atoms with Gasteiger partial charge in [-0.05, 0) is 35.9 Å². The predicted octanol–water partition coefficient (Wildman–Crippen LogP) is 4.23. The van der Waals surface area contributed by atoms with E-state index in [4.69, 9.17) is 27.9 Å². The minimum absolute atomic E-state index is 0.0483. The number of halogens is 2. The molecule has 154 valence electrons. The van der Waals surface area contributed by atoms with Crippen LogP contribution in [0.15, 0.2) is 47.5 Å². The molecule has 0 bridgehead atoms. The van der Waals surface area contributed by atoms with Gasteiger partial charge >= 0.3 is 5.97 Å². The van der Waals surface area contributed by atoms with Gasteiger partial charge in [-0.3, -0.25) is 19.7 Å². The second-order valence-corrected chi connectivity index (χ2v) is 7.77. The van der Waals surface area contributed by atoms with Gasteiger partial charge in [-0.2, -0.15) is 4.99 Å². The third-order valence-corrected chi connectivity index (χ3v) is 5.47. The van der Waals surface area contributed by atoms with E-state index in [0.717, 1.165) is 11.3 Å². The number of nitrogens with zero attached hydrogens (tertiary/aromatic N) is 3. The average Bonchev–Trinajstić information content (AvgIpc) is 3.03. The molecule has 8 nitrogen and oxygen atoms in total. The van der Waals surface area contributed by atoms with Gasteiger partial charge in [0.05, 0.1) is 27.3 Å². The second-order valence-electron chi connectivity index (χ2n) is 5.91. The molecule has 3 rings (SSSR count). The van der Waals surface area contributed by atoms with E-state index in [0.29, 0.717) is 25.8 Å². The molecule has 30 heavy (non-hydrogen) atoms. The Kier molecular flexibility index (Phi) is 6.66. The van der Waals surface area contributed by atoms with E-state index in [1.54, 1.807) is 6.07 Å². The van der Waals surface area contributed by atoms with E-state index in [-0.39, 0.29) is 17.0 Å². The lowest BCUT2D eigenvalue weighted by Crippen LogP contribution is -2.22. The Bertz CT molecular complexity index is 1250. The average molecular weight is 466 g/mol. The molecule has 0 saturated carbocycles. The summed E-state index contributed by atoms with van der Waals surface area (Å²) in [5.74, 6) is -1.11.